The first kappa shape index (κ1) is 8.86. The second-order valence-corrected chi connectivity index (χ2v) is 2.03. The summed E-state index contributed by atoms with van der Waals surface area (Å²) in [7, 11) is 0. The van der Waals surface area contributed by atoms with Crippen LogP contribution in [0, 0.1) is 21.4 Å². The van der Waals surface area contributed by atoms with Crippen LogP contribution >= 0.6 is 0 Å². The van der Waals surface area contributed by atoms with Crippen LogP contribution in [0.1, 0.15) is 0 Å². The summed E-state index contributed by atoms with van der Waals surface area (Å²) in [5, 5.41) is 20.9. The van der Waals surface area contributed by atoms with Crippen LogP contribution in [-0.4, -0.2) is 21.4 Å². The van der Waals surface area contributed by atoms with Crippen LogP contribution < -0.4 is 5.32 Å². The average Bonchev–Trinajstić information content (AvgIpc) is 2.15. The lowest BCUT2D eigenvalue weighted by atomic mass is 10.5. The Labute approximate surface area is 73.2 Å². The molecule has 1 aromatic heterocycles. The molecule has 1 heterocycles. The van der Waals surface area contributed by atoms with Gasteiger partial charge in [0.15, 0.2) is 0 Å². The van der Waals surface area contributed by atoms with Gasteiger partial charge in [0.25, 0.3) is 0 Å². The summed E-state index contributed by atoms with van der Waals surface area (Å²) in [6.45, 7) is 0.0673. The van der Waals surface area contributed by atoms with E-state index in [1.54, 1.807) is 0 Å². The van der Waals surface area contributed by atoms with E-state index in [0.29, 0.717) is 0 Å². The van der Waals surface area contributed by atoms with Crippen molar-refractivity contribution in [2.45, 2.75) is 0 Å². The monoisotopic (exact) mass is 179 g/mol. The second kappa shape index (κ2) is 3.96. The van der Waals surface area contributed by atoms with Gasteiger partial charge >= 0.3 is 5.69 Å². The Kier molecular flexibility index (Phi) is 2.70. The van der Waals surface area contributed by atoms with Crippen LogP contribution in [0.25, 0.3) is 0 Å². The summed E-state index contributed by atoms with van der Waals surface area (Å²) >= 11 is 0. The Balaban J connectivity index is 2.71. The molecule has 0 aliphatic carbocycles. The molecule has 0 aliphatic rings. The maximum absolute atomic E-state index is 10.2. The topological polar surface area (TPSA) is 105 Å². The van der Waals surface area contributed by atoms with Crippen molar-refractivity contribution in [3.63, 3.8) is 0 Å². The number of anilines is 1. The van der Waals surface area contributed by atoms with Gasteiger partial charge in [-0.2, -0.15) is 5.26 Å². The standard InChI is InChI=1S/C6H5N5O2/c7-1-2-8-6-9-3-5(4-10-6)11(12)13/h3-4H,2H2,(H,8,9,10). The highest BCUT2D eigenvalue weighted by molar-refractivity contribution is 5.31. The Morgan fingerprint density at radius 3 is 2.69 bits per heavy atom. The molecule has 7 heteroatoms. The summed E-state index contributed by atoms with van der Waals surface area (Å²) in [6.07, 6.45) is 2.15. The number of aromatic nitrogens is 2. The zero-order valence-corrected chi connectivity index (χ0v) is 6.47. The third kappa shape index (κ3) is 2.37. The molecule has 13 heavy (non-hydrogen) atoms. The lowest BCUT2D eigenvalue weighted by Gasteiger charge is -1.96. The Morgan fingerprint density at radius 1 is 1.62 bits per heavy atom. The first-order valence-electron chi connectivity index (χ1n) is 3.31. The van der Waals surface area contributed by atoms with E-state index < -0.39 is 4.92 Å². The highest BCUT2D eigenvalue weighted by atomic mass is 16.6. The minimum atomic E-state index is -0.589. The van der Waals surface area contributed by atoms with Gasteiger partial charge in [0.05, 0.1) is 11.0 Å². The number of nitrogens with one attached hydrogen (secondary N) is 1. The second-order valence-electron chi connectivity index (χ2n) is 2.03. The SMILES string of the molecule is N#CCNc1ncc([N+](=O)[O-])cn1. The zero-order valence-electron chi connectivity index (χ0n) is 6.47. The molecule has 0 saturated carbocycles. The summed E-state index contributed by atoms with van der Waals surface area (Å²) in [5.41, 5.74) is -0.178. The van der Waals surface area contributed by atoms with E-state index in [9.17, 15) is 10.1 Å². The smallest absolute Gasteiger partial charge is 0.305 e. The predicted molar refractivity (Wildman–Crippen MR) is 42.8 cm³/mol. The fourth-order valence-electron chi connectivity index (χ4n) is 0.625. The molecule has 1 rings (SSSR count). The summed E-state index contributed by atoms with van der Waals surface area (Å²) < 4.78 is 0. The van der Waals surface area contributed by atoms with Crippen molar-refractivity contribution in [3.8, 4) is 6.07 Å². The number of nitriles is 1. The molecule has 7 nitrogen and oxygen atoms in total. The van der Waals surface area contributed by atoms with E-state index in [2.05, 4.69) is 15.3 Å². The van der Waals surface area contributed by atoms with Crippen LogP contribution in [0.3, 0.4) is 0 Å². The lowest BCUT2D eigenvalue weighted by Crippen LogP contribution is -2.03. The van der Waals surface area contributed by atoms with Crippen molar-refractivity contribution < 1.29 is 4.92 Å². The Hall–Kier alpha value is -2.23. The van der Waals surface area contributed by atoms with Gasteiger partial charge in [-0.1, -0.05) is 0 Å². The molecule has 0 fully saturated rings. The predicted octanol–water partition coefficient (Wildman–Crippen LogP) is 0.320. The molecule has 0 radical (unpaired) electrons. The molecular weight excluding hydrogens is 174 g/mol. The summed E-state index contributed by atoms with van der Waals surface area (Å²) in [6, 6.07) is 1.83. The van der Waals surface area contributed by atoms with E-state index in [4.69, 9.17) is 5.26 Å². The van der Waals surface area contributed by atoms with Crippen molar-refractivity contribution in [2.75, 3.05) is 11.9 Å². The number of rotatable bonds is 3. The fraction of sp³-hybridized carbons (Fsp3) is 0.167. The van der Waals surface area contributed by atoms with Crippen LogP contribution in [0.2, 0.25) is 0 Å². The van der Waals surface area contributed by atoms with Crippen LogP contribution in [0.5, 0.6) is 0 Å². The zero-order chi connectivity index (χ0) is 9.68. The molecule has 1 aromatic rings. The quantitative estimate of drug-likeness (QED) is 0.407. The maximum atomic E-state index is 10.2. The number of nitrogens with zero attached hydrogens (tertiary/aromatic N) is 4. The molecule has 0 saturated heterocycles. The van der Waals surface area contributed by atoms with E-state index in [-0.39, 0.29) is 18.2 Å². The van der Waals surface area contributed by atoms with Crippen molar-refractivity contribution in [2.24, 2.45) is 0 Å². The summed E-state index contributed by atoms with van der Waals surface area (Å²) in [5.74, 6) is 0.201. The molecular formula is C6H5N5O2. The van der Waals surface area contributed by atoms with Crippen molar-refractivity contribution in [1.29, 1.82) is 5.26 Å². The molecule has 0 unspecified atom stereocenters. The number of hydrogen-bond donors (Lipinski definition) is 1. The first-order chi connectivity index (χ1) is 6.24. The summed E-state index contributed by atoms with van der Waals surface area (Å²) in [4.78, 5) is 16.8. The van der Waals surface area contributed by atoms with E-state index in [0.717, 1.165) is 12.4 Å². The van der Waals surface area contributed by atoms with Gasteiger partial charge in [0.2, 0.25) is 5.95 Å². The normalized spacial score (nSPS) is 8.85. The third-order valence-corrected chi connectivity index (χ3v) is 1.17. The Morgan fingerprint density at radius 2 is 2.23 bits per heavy atom. The van der Waals surface area contributed by atoms with Gasteiger partial charge in [-0.3, -0.25) is 10.1 Å². The van der Waals surface area contributed by atoms with Gasteiger partial charge in [0, 0.05) is 0 Å². The van der Waals surface area contributed by atoms with Crippen molar-refractivity contribution in [3.05, 3.63) is 22.5 Å². The van der Waals surface area contributed by atoms with E-state index >= 15 is 0 Å². The molecule has 66 valence electrons. The van der Waals surface area contributed by atoms with Crippen molar-refractivity contribution >= 4 is 11.6 Å². The minimum absolute atomic E-state index is 0.0673. The third-order valence-electron chi connectivity index (χ3n) is 1.17. The van der Waals surface area contributed by atoms with Crippen molar-refractivity contribution in [1.82, 2.24) is 9.97 Å². The molecule has 0 atom stereocenters. The van der Waals surface area contributed by atoms with Gasteiger partial charge < -0.3 is 5.32 Å². The number of nitro groups is 1. The molecule has 0 aromatic carbocycles. The molecule has 0 bridgehead atoms. The van der Waals surface area contributed by atoms with Gasteiger partial charge in [-0.15, -0.1) is 0 Å². The average molecular weight is 179 g/mol. The minimum Gasteiger partial charge on any atom is -0.341 e. The lowest BCUT2D eigenvalue weighted by molar-refractivity contribution is -0.385. The van der Waals surface area contributed by atoms with Crippen LogP contribution in [-0.2, 0) is 0 Å². The fourth-order valence-corrected chi connectivity index (χ4v) is 0.625. The van der Waals surface area contributed by atoms with E-state index in [1.165, 1.54) is 0 Å². The molecule has 0 amide bonds. The largest absolute Gasteiger partial charge is 0.341 e. The molecule has 0 spiro atoms. The highest BCUT2D eigenvalue weighted by Gasteiger charge is 2.05. The van der Waals surface area contributed by atoms with Gasteiger partial charge in [-0.05, 0) is 0 Å². The molecule has 1 N–H and O–H groups in total. The number of hydrogen-bond acceptors (Lipinski definition) is 6. The highest BCUT2D eigenvalue weighted by Crippen LogP contribution is 2.07. The first-order valence-corrected chi connectivity index (χ1v) is 3.31. The van der Waals surface area contributed by atoms with E-state index in [1.807, 2.05) is 6.07 Å². The maximum Gasteiger partial charge on any atom is 0.305 e. The Bertz CT molecular complexity index is 341. The van der Waals surface area contributed by atoms with Gasteiger partial charge in [-0.25, -0.2) is 9.97 Å². The molecule has 0 aliphatic heterocycles. The van der Waals surface area contributed by atoms with Crippen LogP contribution in [0.15, 0.2) is 12.4 Å². The van der Waals surface area contributed by atoms with Gasteiger partial charge in [0.1, 0.15) is 18.9 Å². The van der Waals surface area contributed by atoms with Crippen LogP contribution in [0.4, 0.5) is 11.6 Å².